The van der Waals surface area contributed by atoms with E-state index in [1.807, 2.05) is 14.0 Å². The zero-order chi connectivity index (χ0) is 21.9. The van der Waals surface area contributed by atoms with Gasteiger partial charge in [-0.2, -0.15) is 0 Å². The van der Waals surface area contributed by atoms with E-state index in [4.69, 9.17) is 4.74 Å². The summed E-state index contributed by atoms with van der Waals surface area (Å²) in [6.07, 6.45) is 13.5. The highest BCUT2D eigenvalue weighted by molar-refractivity contribution is 5.84. The average molecular weight is 421 g/mol. The Hall–Kier alpha value is -1.41. The number of rotatable bonds is 4. The quantitative estimate of drug-likeness (QED) is 0.502. The highest BCUT2D eigenvalue weighted by Gasteiger charge is 2.65. The molecule has 7 atom stereocenters. The summed E-state index contributed by atoms with van der Waals surface area (Å²) in [5.41, 5.74) is 3.29. The van der Waals surface area contributed by atoms with Crippen LogP contribution < -0.4 is 0 Å². The lowest BCUT2D eigenvalue weighted by atomic mass is 9.45. The molecular formula is C29H40O2. The van der Waals surface area contributed by atoms with Crippen LogP contribution in [0.4, 0.5) is 0 Å². The number of methoxy groups -OCH3 is 1. The van der Waals surface area contributed by atoms with Gasteiger partial charge in [-0.25, -0.2) is 0 Å². The summed E-state index contributed by atoms with van der Waals surface area (Å²) in [5, 5.41) is 0. The predicted octanol–water partition coefficient (Wildman–Crippen LogP) is 6.78. The van der Waals surface area contributed by atoms with Crippen LogP contribution in [0.1, 0.15) is 77.7 Å². The minimum Gasteiger partial charge on any atom is -0.381 e. The van der Waals surface area contributed by atoms with Crippen LogP contribution in [0.15, 0.2) is 42.0 Å². The fourth-order valence-corrected chi connectivity index (χ4v) is 8.90. The van der Waals surface area contributed by atoms with Crippen molar-refractivity contribution in [3.05, 3.63) is 47.5 Å². The molecule has 1 aromatic rings. The number of allylic oxidation sites excluding steroid dienone is 1. The van der Waals surface area contributed by atoms with Gasteiger partial charge in [0.2, 0.25) is 0 Å². The van der Waals surface area contributed by atoms with Gasteiger partial charge >= 0.3 is 0 Å². The van der Waals surface area contributed by atoms with Gasteiger partial charge in [0.15, 0.2) is 0 Å². The van der Waals surface area contributed by atoms with E-state index >= 15 is 0 Å². The maximum Gasteiger partial charge on any atom is 0.136 e. The van der Waals surface area contributed by atoms with E-state index in [9.17, 15) is 4.79 Å². The lowest BCUT2D eigenvalue weighted by Crippen LogP contribution is -2.54. The molecule has 5 rings (SSSR count). The molecule has 0 saturated heterocycles. The second-order valence-corrected chi connectivity index (χ2v) is 11.7. The topological polar surface area (TPSA) is 26.3 Å². The summed E-state index contributed by atoms with van der Waals surface area (Å²) in [7, 11) is 1.87. The molecule has 4 aliphatic rings. The minimum atomic E-state index is -0.192. The highest BCUT2D eigenvalue weighted by atomic mass is 16.5. The molecular weight excluding hydrogens is 380 g/mol. The minimum absolute atomic E-state index is 0.126. The first-order valence-electron chi connectivity index (χ1n) is 12.6. The Balaban J connectivity index is 1.48. The molecule has 0 unspecified atom stereocenters. The lowest BCUT2D eigenvalue weighted by molar-refractivity contribution is -0.140. The molecule has 0 N–H and O–H groups in total. The third-order valence-electron chi connectivity index (χ3n) is 10.8. The molecule has 2 heteroatoms. The maximum atomic E-state index is 13.3. The van der Waals surface area contributed by atoms with Crippen molar-refractivity contribution in [2.24, 2.45) is 34.0 Å². The van der Waals surface area contributed by atoms with Gasteiger partial charge in [-0.3, -0.25) is 4.79 Å². The normalized spacial score (nSPS) is 44.1. The van der Waals surface area contributed by atoms with E-state index < -0.39 is 0 Å². The number of hydrogen-bond donors (Lipinski definition) is 0. The number of carbonyl (C=O) groups excluding carboxylic acids is 1. The van der Waals surface area contributed by atoms with E-state index in [1.165, 1.54) is 44.1 Å². The molecule has 168 valence electrons. The number of carbonyl (C=O) groups is 1. The summed E-state index contributed by atoms with van der Waals surface area (Å²) in [5.74, 6) is 2.62. The molecule has 31 heavy (non-hydrogen) atoms. The molecule has 0 bridgehead atoms. The van der Waals surface area contributed by atoms with Crippen molar-refractivity contribution in [1.82, 2.24) is 0 Å². The van der Waals surface area contributed by atoms with Crippen molar-refractivity contribution in [3.8, 4) is 0 Å². The number of Topliss-reactive ketones (excluding diaryl/α,β-unsaturated/α-hetero) is 1. The first-order chi connectivity index (χ1) is 14.8. The molecule has 0 heterocycles. The van der Waals surface area contributed by atoms with Crippen molar-refractivity contribution in [3.63, 3.8) is 0 Å². The Labute approximate surface area is 188 Å². The van der Waals surface area contributed by atoms with Crippen LogP contribution in [0.25, 0.3) is 0 Å². The Morgan fingerprint density at radius 3 is 2.48 bits per heavy atom. The van der Waals surface area contributed by atoms with Gasteiger partial charge in [-0.1, -0.05) is 55.8 Å². The van der Waals surface area contributed by atoms with E-state index in [1.54, 1.807) is 5.57 Å². The standard InChI is InChI=1S/C29H40O2/c1-20(30)29(19-21-8-6-5-7-9-21)17-14-26-24-11-10-22-18-23(31-4)12-15-27(22,2)25(24)13-16-28(26,29)3/h5-10,23-26H,11-19H2,1-4H3/t23-,24+,25-,26-,27-,28-,29-/m0/s1. The molecule has 0 aliphatic heterocycles. The third-order valence-corrected chi connectivity index (χ3v) is 10.8. The van der Waals surface area contributed by atoms with Crippen LogP contribution in [0.2, 0.25) is 0 Å². The van der Waals surface area contributed by atoms with Gasteiger partial charge in [0.05, 0.1) is 6.10 Å². The molecule has 3 saturated carbocycles. The van der Waals surface area contributed by atoms with Crippen LogP contribution in [0.5, 0.6) is 0 Å². The summed E-state index contributed by atoms with van der Waals surface area (Å²) in [6, 6.07) is 10.8. The smallest absolute Gasteiger partial charge is 0.136 e. The van der Waals surface area contributed by atoms with Crippen LogP contribution in [-0.4, -0.2) is 19.0 Å². The third kappa shape index (κ3) is 3.04. The fourth-order valence-electron chi connectivity index (χ4n) is 8.90. The van der Waals surface area contributed by atoms with E-state index in [-0.39, 0.29) is 10.8 Å². The molecule has 0 spiro atoms. The van der Waals surface area contributed by atoms with Crippen LogP contribution in [-0.2, 0) is 16.0 Å². The lowest BCUT2D eigenvalue weighted by Gasteiger charge is -2.59. The van der Waals surface area contributed by atoms with E-state index in [2.05, 4.69) is 50.3 Å². The van der Waals surface area contributed by atoms with Crippen LogP contribution >= 0.6 is 0 Å². The van der Waals surface area contributed by atoms with Gasteiger partial charge < -0.3 is 4.74 Å². The Morgan fingerprint density at radius 2 is 1.77 bits per heavy atom. The Kier molecular flexibility index (Phi) is 5.24. The first kappa shape index (κ1) is 21.4. The van der Waals surface area contributed by atoms with Crippen LogP contribution in [0.3, 0.4) is 0 Å². The summed E-state index contributed by atoms with van der Waals surface area (Å²) in [6.45, 7) is 6.94. The first-order valence-corrected chi connectivity index (χ1v) is 12.6. The van der Waals surface area contributed by atoms with Crippen molar-refractivity contribution < 1.29 is 9.53 Å². The number of benzene rings is 1. The Morgan fingerprint density at radius 1 is 1.03 bits per heavy atom. The van der Waals surface area contributed by atoms with Gasteiger partial charge in [-0.15, -0.1) is 0 Å². The number of ketones is 1. The van der Waals surface area contributed by atoms with Gasteiger partial charge in [0.25, 0.3) is 0 Å². The zero-order valence-electron chi connectivity index (χ0n) is 20.0. The molecule has 0 aromatic heterocycles. The summed E-state index contributed by atoms with van der Waals surface area (Å²) >= 11 is 0. The maximum absolute atomic E-state index is 13.3. The summed E-state index contributed by atoms with van der Waals surface area (Å²) < 4.78 is 5.74. The largest absolute Gasteiger partial charge is 0.381 e. The van der Waals surface area contributed by atoms with Crippen LogP contribution in [0, 0.1) is 34.0 Å². The predicted molar refractivity (Wildman–Crippen MR) is 126 cm³/mol. The molecule has 1 aromatic carbocycles. The molecule has 3 fully saturated rings. The fraction of sp³-hybridized carbons (Fsp3) is 0.690. The van der Waals surface area contributed by atoms with Crippen molar-refractivity contribution in [2.45, 2.75) is 84.7 Å². The average Bonchev–Trinajstić information content (AvgIpc) is 3.07. The SMILES string of the molecule is CO[C@H]1CC[C@@]2(C)C(=CC[C@@H]3[C@@H]2CC[C@@]2(C)[C@H]3CC[C@]2(Cc2ccccc2)C(C)=O)C1. The summed E-state index contributed by atoms with van der Waals surface area (Å²) in [4.78, 5) is 13.3. The number of fused-ring (bicyclic) bond motifs is 5. The molecule has 0 radical (unpaired) electrons. The van der Waals surface area contributed by atoms with E-state index in [0.717, 1.165) is 31.1 Å². The second-order valence-electron chi connectivity index (χ2n) is 11.7. The molecule has 2 nitrogen and oxygen atoms in total. The molecule has 4 aliphatic carbocycles. The number of ether oxygens (including phenoxy) is 1. The molecule has 0 amide bonds. The van der Waals surface area contributed by atoms with Crippen molar-refractivity contribution in [1.29, 1.82) is 0 Å². The number of hydrogen-bond acceptors (Lipinski definition) is 2. The zero-order valence-corrected chi connectivity index (χ0v) is 20.0. The highest BCUT2D eigenvalue weighted by Crippen LogP contribution is 2.70. The van der Waals surface area contributed by atoms with Gasteiger partial charge in [0, 0.05) is 12.5 Å². The van der Waals surface area contributed by atoms with Gasteiger partial charge in [0.1, 0.15) is 5.78 Å². The van der Waals surface area contributed by atoms with Crippen molar-refractivity contribution >= 4 is 5.78 Å². The van der Waals surface area contributed by atoms with Gasteiger partial charge in [-0.05, 0) is 98.9 Å². The van der Waals surface area contributed by atoms with Crippen molar-refractivity contribution in [2.75, 3.05) is 7.11 Å². The van der Waals surface area contributed by atoms with E-state index in [0.29, 0.717) is 23.2 Å². The Bertz CT molecular complexity index is 872. The second kappa shape index (κ2) is 7.58. The monoisotopic (exact) mass is 420 g/mol.